The number of nitrogens with one attached hydrogen (secondary N) is 1. The molecule has 3 aromatic carbocycles. The molecule has 3 aromatic rings. The minimum atomic E-state index is -0.614. The van der Waals surface area contributed by atoms with Crippen molar-refractivity contribution in [3.63, 3.8) is 0 Å². The summed E-state index contributed by atoms with van der Waals surface area (Å²) in [6.45, 7) is 1.63. The van der Waals surface area contributed by atoms with Gasteiger partial charge in [0.2, 0.25) is 0 Å². The highest BCUT2D eigenvalue weighted by Gasteiger charge is 2.19. The zero-order valence-corrected chi connectivity index (χ0v) is 15.4. The number of carbonyl (C=O) groups is 1. The lowest BCUT2D eigenvalue weighted by Gasteiger charge is -2.12. The second kappa shape index (κ2) is 8.18. The number of benzene rings is 3. The number of aryl methyl sites for hydroxylation is 1. The highest BCUT2D eigenvalue weighted by atomic mass is 32.2. The van der Waals surface area contributed by atoms with E-state index in [9.17, 15) is 23.7 Å². The summed E-state index contributed by atoms with van der Waals surface area (Å²) in [7, 11) is 0. The largest absolute Gasteiger partial charge is 0.322 e. The average Bonchev–Trinajstić information content (AvgIpc) is 2.66. The van der Waals surface area contributed by atoms with Crippen LogP contribution in [0.1, 0.15) is 15.9 Å². The van der Waals surface area contributed by atoms with Gasteiger partial charge in [-0.3, -0.25) is 14.9 Å². The molecule has 0 aromatic heterocycles. The summed E-state index contributed by atoms with van der Waals surface area (Å²) in [5.74, 6) is -1.52. The Balaban J connectivity index is 1.98. The number of non-ortho nitro benzene ring substituents is 1. The number of rotatable bonds is 5. The van der Waals surface area contributed by atoms with Crippen LogP contribution >= 0.6 is 11.8 Å². The van der Waals surface area contributed by atoms with Crippen LogP contribution in [-0.4, -0.2) is 10.8 Å². The fourth-order valence-electron chi connectivity index (χ4n) is 2.50. The van der Waals surface area contributed by atoms with Gasteiger partial charge in [-0.05, 0) is 48.9 Å². The van der Waals surface area contributed by atoms with Crippen LogP contribution < -0.4 is 5.32 Å². The first-order valence-electron chi connectivity index (χ1n) is 8.13. The van der Waals surface area contributed by atoms with Crippen LogP contribution in [0.4, 0.5) is 20.2 Å². The summed E-state index contributed by atoms with van der Waals surface area (Å²) in [6, 6.07) is 13.7. The molecular formula is C20H14F2N2O3S. The van der Waals surface area contributed by atoms with Crippen molar-refractivity contribution in [2.24, 2.45) is 0 Å². The third-order valence-electron chi connectivity index (χ3n) is 3.91. The smallest absolute Gasteiger partial charge is 0.270 e. The lowest BCUT2D eigenvalue weighted by molar-refractivity contribution is -0.384. The van der Waals surface area contributed by atoms with E-state index < -0.39 is 22.5 Å². The van der Waals surface area contributed by atoms with Gasteiger partial charge in [-0.2, -0.15) is 0 Å². The van der Waals surface area contributed by atoms with Gasteiger partial charge in [-0.25, -0.2) is 8.78 Å². The van der Waals surface area contributed by atoms with Crippen LogP contribution in [0.3, 0.4) is 0 Å². The predicted octanol–water partition coefficient (Wildman–Crippen LogP) is 5.58. The molecule has 0 aliphatic rings. The molecule has 1 N–H and O–H groups in total. The van der Waals surface area contributed by atoms with E-state index in [2.05, 4.69) is 5.32 Å². The van der Waals surface area contributed by atoms with Crippen molar-refractivity contribution >= 4 is 29.0 Å². The molecule has 0 saturated carbocycles. The normalized spacial score (nSPS) is 10.5. The molecule has 8 heteroatoms. The number of nitrogens with zero attached hydrogens (tertiary/aromatic N) is 1. The van der Waals surface area contributed by atoms with Crippen molar-refractivity contribution in [1.82, 2.24) is 0 Å². The zero-order valence-electron chi connectivity index (χ0n) is 14.6. The van der Waals surface area contributed by atoms with E-state index in [0.29, 0.717) is 16.1 Å². The molecule has 142 valence electrons. The van der Waals surface area contributed by atoms with Crippen molar-refractivity contribution in [3.8, 4) is 0 Å². The Hall–Kier alpha value is -3.26. The highest BCUT2D eigenvalue weighted by molar-refractivity contribution is 7.99. The average molecular weight is 400 g/mol. The topological polar surface area (TPSA) is 72.2 Å². The molecular weight excluding hydrogens is 386 g/mol. The number of hydrogen-bond acceptors (Lipinski definition) is 4. The molecule has 0 saturated heterocycles. The Kier molecular flexibility index (Phi) is 5.70. The van der Waals surface area contributed by atoms with Gasteiger partial charge in [-0.1, -0.05) is 23.9 Å². The molecule has 5 nitrogen and oxygen atoms in total. The van der Waals surface area contributed by atoms with Crippen molar-refractivity contribution in [2.45, 2.75) is 16.7 Å². The van der Waals surface area contributed by atoms with Crippen LogP contribution in [-0.2, 0) is 0 Å². The first-order valence-corrected chi connectivity index (χ1v) is 8.95. The standard InChI is InChI=1S/C20H14F2N2O3S/c1-12-10-13(21)6-8-17(12)23-20(25)15-11-14(24(26)27)7-9-18(15)28-19-5-3-2-4-16(19)22/h2-11H,1H3,(H,23,25). The maximum absolute atomic E-state index is 14.0. The monoisotopic (exact) mass is 400 g/mol. The maximum Gasteiger partial charge on any atom is 0.270 e. The van der Waals surface area contributed by atoms with Gasteiger partial charge in [0.05, 0.1) is 10.5 Å². The van der Waals surface area contributed by atoms with E-state index in [-0.39, 0.29) is 16.1 Å². The first kappa shape index (κ1) is 19.5. The second-order valence-electron chi connectivity index (χ2n) is 5.88. The van der Waals surface area contributed by atoms with E-state index in [0.717, 1.165) is 17.8 Å². The Morgan fingerprint density at radius 1 is 1.04 bits per heavy atom. The van der Waals surface area contributed by atoms with E-state index in [1.54, 1.807) is 25.1 Å². The lowest BCUT2D eigenvalue weighted by Crippen LogP contribution is -2.14. The minimum absolute atomic E-state index is 0.0196. The second-order valence-corrected chi connectivity index (χ2v) is 6.97. The molecule has 28 heavy (non-hydrogen) atoms. The van der Waals surface area contributed by atoms with E-state index in [4.69, 9.17) is 0 Å². The van der Waals surface area contributed by atoms with Crippen molar-refractivity contribution < 1.29 is 18.5 Å². The van der Waals surface area contributed by atoms with Crippen LogP contribution in [0.15, 0.2) is 70.5 Å². The summed E-state index contributed by atoms with van der Waals surface area (Å²) < 4.78 is 27.3. The van der Waals surface area contributed by atoms with Gasteiger partial charge >= 0.3 is 0 Å². The molecule has 3 rings (SSSR count). The van der Waals surface area contributed by atoms with Gasteiger partial charge in [0.25, 0.3) is 11.6 Å². The number of hydrogen-bond donors (Lipinski definition) is 1. The van der Waals surface area contributed by atoms with E-state index in [1.165, 1.54) is 36.4 Å². The molecule has 0 fully saturated rings. The minimum Gasteiger partial charge on any atom is -0.322 e. The van der Waals surface area contributed by atoms with E-state index in [1.807, 2.05) is 0 Å². The summed E-state index contributed by atoms with van der Waals surface area (Å²) in [5.41, 5.74) is 0.631. The molecule has 0 spiro atoms. The quantitative estimate of drug-likeness (QED) is 0.448. The van der Waals surface area contributed by atoms with Gasteiger partial charge in [-0.15, -0.1) is 0 Å². The van der Waals surface area contributed by atoms with Crippen LogP contribution in [0.25, 0.3) is 0 Å². The predicted molar refractivity (Wildman–Crippen MR) is 103 cm³/mol. The Morgan fingerprint density at radius 2 is 1.79 bits per heavy atom. The third-order valence-corrected chi connectivity index (χ3v) is 5.04. The van der Waals surface area contributed by atoms with Crippen molar-refractivity contribution in [2.75, 3.05) is 5.32 Å². The van der Waals surface area contributed by atoms with Crippen LogP contribution in [0, 0.1) is 28.7 Å². The molecule has 0 aliphatic heterocycles. The molecule has 0 heterocycles. The number of anilines is 1. The summed E-state index contributed by atoms with van der Waals surface area (Å²) >= 11 is 0.988. The van der Waals surface area contributed by atoms with Crippen LogP contribution in [0.5, 0.6) is 0 Å². The molecule has 0 atom stereocenters. The highest BCUT2D eigenvalue weighted by Crippen LogP contribution is 2.34. The fourth-order valence-corrected chi connectivity index (χ4v) is 3.45. The number of halogens is 2. The van der Waals surface area contributed by atoms with E-state index >= 15 is 0 Å². The maximum atomic E-state index is 14.0. The Bertz CT molecular complexity index is 1070. The number of nitro benzene ring substituents is 1. The summed E-state index contributed by atoms with van der Waals surface area (Å²) in [4.78, 5) is 23.9. The molecule has 0 bridgehead atoms. The first-order chi connectivity index (χ1) is 13.3. The van der Waals surface area contributed by atoms with Gasteiger partial charge in [0.15, 0.2) is 0 Å². The lowest BCUT2D eigenvalue weighted by atomic mass is 10.1. The third kappa shape index (κ3) is 4.34. The van der Waals surface area contributed by atoms with Gasteiger partial charge in [0, 0.05) is 27.6 Å². The van der Waals surface area contributed by atoms with Crippen molar-refractivity contribution in [3.05, 3.63) is 93.5 Å². The molecule has 0 aliphatic carbocycles. The fraction of sp³-hybridized carbons (Fsp3) is 0.0500. The number of carbonyl (C=O) groups excluding carboxylic acids is 1. The zero-order chi connectivity index (χ0) is 20.3. The molecule has 0 unspecified atom stereocenters. The van der Waals surface area contributed by atoms with Crippen molar-refractivity contribution in [1.29, 1.82) is 0 Å². The Morgan fingerprint density at radius 3 is 2.46 bits per heavy atom. The molecule has 1 amide bonds. The number of amides is 1. The van der Waals surface area contributed by atoms with Gasteiger partial charge in [0.1, 0.15) is 11.6 Å². The van der Waals surface area contributed by atoms with Gasteiger partial charge < -0.3 is 5.32 Å². The number of nitro groups is 1. The van der Waals surface area contributed by atoms with Crippen LogP contribution in [0.2, 0.25) is 0 Å². The summed E-state index contributed by atoms with van der Waals surface area (Å²) in [5, 5.41) is 13.7. The molecule has 0 radical (unpaired) electrons. The Labute approximate surface area is 163 Å². The summed E-state index contributed by atoms with van der Waals surface area (Å²) in [6.07, 6.45) is 0. The SMILES string of the molecule is Cc1cc(F)ccc1NC(=O)c1cc([N+](=O)[O-])ccc1Sc1ccccc1F.